The Morgan fingerprint density at radius 2 is 2.00 bits per heavy atom. The Bertz CT molecular complexity index is 333. The first kappa shape index (κ1) is 14.1. The molecule has 0 amide bonds. The predicted molar refractivity (Wildman–Crippen MR) is 57.4 cm³/mol. The van der Waals surface area contributed by atoms with Gasteiger partial charge >= 0.3 is 0 Å². The molecule has 1 aromatic carbocycles. The lowest BCUT2D eigenvalue weighted by molar-refractivity contribution is 0.377. The molecule has 0 saturated heterocycles. The Hall–Kier alpha value is -0.870. The molecule has 2 nitrogen and oxygen atoms in total. The smallest absolute Gasteiger partial charge is 0.172 e. The monoisotopic (exact) mass is 237 g/mol. The number of nitrogens with two attached hydrogens (primary N) is 1. The van der Waals surface area contributed by atoms with Crippen LogP contribution in [-0.4, -0.2) is 7.11 Å². The summed E-state index contributed by atoms with van der Waals surface area (Å²) >= 11 is 0. The molecule has 0 unspecified atom stereocenters. The van der Waals surface area contributed by atoms with E-state index in [1.54, 1.807) is 6.92 Å². The Morgan fingerprint density at radius 1 is 1.40 bits per heavy atom. The Morgan fingerprint density at radius 3 is 2.47 bits per heavy atom. The standard InChI is InChI=1S/C10H13F2NO.ClH/c1-3-7(13)9-6(11)4-5-8(14-2)10(9)12;/h4-5,7H,3,13H2,1-2H3;1H/t7-;/m1./s1. The number of halogens is 3. The van der Waals surface area contributed by atoms with Gasteiger partial charge in [-0.2, -0.15) is 0 Å². The van der Waals surface area contributed by atoms with Gasteiger partial charge in [-0.25, -0.2) is 8.78 Å². The highest BCUT2D eigenvalue weighted by molar-refractivity contribution is 5.85. The van der Waals surface area contributed by atoms with E-state index >= 15 is 0 Å². The molecule has 0 aliphatic carbocycles. The largest absolute Gasteiger partial charge is 0.494 e. The lowest BCUT2D eigenvalue weighted by Crippen LogP contribution is -2.13. The topological polar surface area (TPSA) is 35.2 Å². The molecule has 5 heteroatoms. The van der Waals surface area contributed by atoms with E-state index in [0.29, 0.717) is 6.42 Å². The number of hydrogen-bond acceptors (Lipinski definition) is 2. The molecule has 1 atom stereocenters. The molecule has 0 fully saturated rings. The normalized spacial score (nSPS) is 11.8. The van der Waals surface area contributed by atoms with Crippen molar-refractivity contribution in [2.45, 2.75) is 19.4 Å². The van der Waals surface area contributed by atoms with E-state index < -0.39 is 17.7 Å². The molecule has 0 heterocycles. The molecular weight excluding hydrogens is 224 g/mol. The summed E-state index contributed by atoms with van der Waals surface area (Å²) in [6, 6.07) is 1.77. The Labute approximate surface area is 93.8 Å². The maximum atomic E-state index is 13.5. The van der Waals surface area contributed by atoms with Crippen LogP contribution in [0, 0.1) is 11.6 Å². The molecule has 0 aliphatic heterocycles. The molecule has 0 aliphatic rings. The van der Waals surface area contributed by atoms with Crippen molar-refractivity contribution in [3.8, 4) is 5.75 Å². The molecule has 2 N–H and O–H groups in total. The molecular formula is C10H14ClF2NO. The van der Waals surface area contributed by atoms with Gasteiger partial charge in [0.05, 0.1) is 7.11 Å². The summed E-state index contributed by atoms with van der Waals surface area (Å²) < 4.78 is 31.5. The highest BCUT2D eigenvalue weighted by Crippen LogP contribution is 2.27. The number of benzene rings is 1. The third-order valence-corrected chi connectivity index (χ3v) is 2.12. The lowest BCUT2D eigenvalue weighted by atomic mass is 10.0. The minimum atomic E-state index is -0.707. The van der Waals surface area contributed by atoms with Gasteiger partial charge in [-0.1, -0.05) is 6.92 Å². The fourth-order valence-corrected chi connectivity index (χ4v) is 1.25. The van der Waals surface area contributed by atoms with Crippen molar-refractivity contribution < 1.29 is 13.5 Å². The van der Waals surface area contributed by atoms with Crippen molar-refractivity contribution in [1.82, 2.24) is 0 Å². The van der Waals surface area contributed by atoms with Crippen LogP contribution in [-0.2, 0) is 0 Å². The maximum absolute atomic E-state index is 13.5. The average molecular weight is 238 g/mol. The van der Waals surface area contributed by atoms with Gasteiger partial charge < -0.3 is 10.5 Å². The molecule has 86 valence electrons. The van der Waals surface area contributed by atoms with E-state index in [-0.39, 0.29) is 23.7 Å². The second-order valence-electron chi connectivity index (χ2n) is 2.99. The van der Waals surface area contributed by atoms with Crippen molar-refractivity contribution in [1.29, 1.82) is 0 Å². The highest BCUT2D eigenvalue weighted by Gasteiger charge is 2.18. The molecule has 1 rings (SSSR count). The molecule has 0 aromatic heterocycles. The third kappa shape index (κ3) is 2.79. The second-order valence-corrected chi connectivity index (χ2v) is 2.99. The zero-order valence-corrected chi connectivity index (χ0v) is 9.41. The van der Waals surface area contributed by atoms with Crippen molar-refractivity contribution in [2.75, 3.05) is 7.11 Å². The van der Waals surface area contributed by atoms with Crippen LogP contribution < -0.4 is 10.5 Å². The van der Waals surface area contributed by atoms with E-state index in [1.807, 2.05) is 0 Å². The summed E-state index contributed by atoms with van der Waals surface area (Å²) in [5.41, 5.74) is 5.48. The van der Waals surface area contributed by atoms with Crippen molar-refractivity contribution >= 4 is 12.4 Å². The highest BCUT2D eigenvalue weighted by atomic mass is 35.5. The Kier molecular flexibility index (Phi) is 5.54. The van der Waals surface area contributed by atoms with Gasteiger partial charge in [-0.15, -0.1) is 12.4 Å². The van der Waals surface area contributed by atoms with Gasteiger partial charge in [0.2, 0.25) is 0 Å². The number of methoxy groups -OCH3 is 1. The van der Waals surface area contributed by atoms with Gasteiger partial charge in [0.15, 0.2) is 11.6 Å². The molecule has 0 spiro atoms. The fourth-order valence-electron chi connectivity index (χ4n) is 1.25. The van der Waals surface area contributed by atoms with Crippen LogP contribution >= 0.6 is 12.4 Å². The van der Waals surface area contributed by atoms with Gasteiger partial charge in [-0.3, -0.25) is 0 Å². The van der Waals surface area contributed by atoms with Gasteiger partial charge in [0.1, 0.15) is 5.82 Å². The van der Waals surface area contributed by atoms with Crippen LogP contribution in [0.4, 0.5) is 8.78 Å². The summed E-state index contributed by atoms with van der Waals surface area (Å²) in [6.07, 6.45) is 0.473. The summed E-state index contributed by atoms with van der Waals surface area (Å²) in [5.74, 6) is -1.31. The summed E-state index contributed by atoms with van der Waals surface area (Å²) in [5, 5.41) is 0. The van der Waals surface area contributed by atoms with E-state index in [0.717, 1.165) is 6.07 Å². The first-order valence-electron chi connectivity index (χ1n) is 4.39. The molecule has 0 radical (unpaired) electrons. The van der Waals surface area contributed by atoms with Gasteiger partial charge in [-0.05, 0) is 18.6 Å². The lowest BCUT2D eigenvalue weighted by Gasteiger charge is -2.13. The van der Waals surface area contributed by atoms with Crippen LogP contribution in [0.25, 0.3) is 0 Å². The first-order valence-corrected chi connectivity index (χ1v) is 4.39. The zero-order chi connectivity index (χ0) is 10.7. The number of rotatable bonds is 3. The van der Waals surface area contributed by atoms with Crippen LogP contribution in [0.2, 0.25) is 0 Å². The summed E-state index contributed by atoms with van der Waals surface area (Å²) in [7, 11) is 1.33. The minimum Gasteiger partial charge on any atom is -0.494 e. The number of ether oxygens (including phenoxy) is 1. The average Bonchev–Trinajstić information content (AvgIpc) is 2.18. The number of hydrogen-bond donors (Lipinski definition) is 1. The quantitative estimate of drug-likeness (QED) is 0.878. The van der Waals surface area contributed by atoms with Crippen LogP contribution in [0.5, 0.6) is 5.75 Å². The third-order valence-electron chi connectivity index (χ3n) is 2.12. The van der Waals surface area contributed by atoms with E-state index in [9.17, 15) is 8.78 Å². The van der Waals surface area contributed by atoms with Crippen molar-refractivity contribution in [2.24, 2.45) is 5.73 Å². The fraction of sp³-hybridized carbons (Fsp3) is 0.400. The van der Waals surface area contributed by atoms with Gasteiger partial charge in [0, 0.05) is 11.6 Å². The molecule has 0 bridgehead atoms. The maximum Gasteiger partial charge on any atom is 0.172 e. The van der Waals surface area contributed by atoms with E-state index in [4.69, 9.17) is 10.5 Å². The Balaban J connectivity index is 0.00000196. The van der Waals surface area contributed by atoms with Crippen LogP contribution in [0.1, 0.15) is 24.9 Å². The van der Waals surface area contributed by atoms with Crippen molar-refractivity contribution in [3.63, 3.8) is 0 Å². The van der Waals surface area contributed by atoms with Crippen LogP contribution in [0.3, 0.4) is 0 Å². The first-order chi connectivity index (χ1) is 6.61. The van der Waals surface area contributed by atoms with E-state index in [2.05, 4.69) is 0 Å². The summed E-state index contributed by atoms with van der Waals surface area (Å²) in [4.78, 5) is 0. The second kappa shape index (κ2) is 5.88. The minimum absolute atomic E-state index is 0. The van der Waals surface area contributed by atoms with E-state index in [1.165, 1.54) is 13.2 Å². The molecule has 0 saturated carbocycles. The van der Waals surface area contributed by atoms with Crippen molar-refractivity contribution in [3.05, 3.63) is 29.3 Å². The summed E-state index contributed by atoms with van der Waals surface area (Å²) in [6.45, 7) is 1.77. The molecule has 15 heavy (non-hydrogen) atoms. The SMILES string of the molecule is CC[C@@H](N)c1c(F)ccc(OC)c1F.Cl. The van der Waals surface area contributed by atoms with Gasteiger partial charge in [0.25, 0.3) is 0 Å². The zero-order valence-electron chi connectivity index (χ0n) is 8.59. The predicted octanol–water partition coefficient (Wildman–Crippen LogP) is 2.81. The van der Waals surface area contributed by atoms with Crippen LogP contribution in [0.15, 0.2) is 12.1 Å². The molecule has 1 aromatic rings.